The molecule has 30 heavy (non-hydrogen) atoms. The molecule has 1 atom stereocenters. The van der Waals surface area contributed by atoms with Gasteiger partial charge in [0, 0.05) is 13.0 Å². The number of aryl methyl sites for hydroxylation is 2. The van der Waals surface area contributed by atoms with Crippen LogP contribution in [-0.2, 0) is 4.79 Å². The molecule has 0 bridgehead atoms. The van der Waals surface area contributed by atoms with Crippen molar-refractivity contribution in [3.8, 4) is 17.2 Å². The number of rotatable bonds is 4. The molecule has 1 fully saturated rings. The number of ether oxygens (including phenoxy) is 3. The Kier molecular flexibility index (Phi) is 5.18. The highest BCUT2D eigenvalue weighted by Gasteiger charge is 2.47. The van der Waals surface area contributed by atoms with Crippen molar-refractivity contribution >= 4 is 11.7 Å². The Labute approximate surface area is 176 Å². The number of carbonyl (C=O) groups is 2. The normalized spacial score (nSPS) is 20.1. The van der Waals surface area contributed by atoms with Crippen molar-refractivity contribution in [3.05, 3.63) is 52.6 Å². The van der Waals surface area contributed by atoms with Crippen LogP contribution >= 0.6 is 0 Å². The number of likely N-dealkylation sites (tertiary alicyclic amines) is 1. The second-order valence-corrected chi connectivity index (χ2v) is 8.31. The number of hydrogen-bond acceptors (Lipinski definition) is 5. The van der Waals surface area contributed by atoms with Crippen LogP contribution in [0.15, 0.2) is 30.3 Å². The SMILES string of the molecule is COc1ccc2c(c1)C(=O)CC1(CCN(C(=O)COc3cc(C)cc(C)c3C)C1)O2. The highest BCUT2D eigenvalue weighted by molar-refractivity contribution is 6.01. The number of fused-ring (bicyclic) bond motifs is 1. The summed E-state index contributed by atoms with van der Waals surface area (Å²) in [6, 6.07) is 9.31. The quantitative estimate of drug-likeness (QED) is 0.772. The van der Waals surface area contributed by atoms with E-state index >= 15 is 0 Å². The third-order valence-corrected chi connectivity index (χ3v) is 6.08. The molecule has 158 valence electrons. The summed E-state index contributed by atoms with van der Waals surface area (Å²) in [7, 11) is 1.57. The number of hydrogen-bond donors (Lipinski definition) is 0. The average Bonchev–Trinajstić information content (AvgIpc) is 3.12. The zero-order valence-corrected chi connectivity index (χ0v) is 17.9. The smallest absolute Gasteiger partial charge is 0.260 e. The Morgan fingerprint density at radius 1 is 1.20 bits per heavy atom. The van der Waals surface area contributed by atoms with Crippen molar-refractivity contribution < 1.29 is 23.8 Å². The van der Waals surface area contributed by atoms with Gasteiger partial charge in [0.05, 0.1) is 25.6 Å². The zero-order chi connectivity index (χ0) is 21.5. The van der Waals surface area contributed by atoms with E-state index in [0.717, 1.165) is 22.4 Å². The topological polar surface area (TPSA) is 65.1 Å². The first-order chi connectivity index (χ1) is 14.3. The molecular formula is C24H27NO5. The lowest BCUT2D eigenvalue weighted by atomic mass is 9.89. The monoisotopic (exact) mass is 409 g/mol. The molecule has 1 unspecified atom stereocenters. The van der Waals surface area contributed by atoms with Gasteiger partial charge >= 0.3 is 0 Å². The van der Waals surface area contributed by atoms with Crippen LogP contribution in [0.2, 0.25) is 0 Å². The molecule has 1 spiro atoms. The van der Waals surface area contributed by atoms with Gasteiger partial charge in [-0.15, -0.1) is 0 Å². The lowest BCUT2D eigenvalue weighted by Gasteiger charge is -2.34. The fourth-order valence-electron chi connectivity index (χ4n) is 4.27. The van der Waals surface area contributed by atoms with Crippen molar-refractivity contribution in [2.75, 3.05) is 26.8 Å². The fraction of sp³-hybridized carbons (Fsp3) is 0.417. The largest absolute Gasteiger partial charge is 0.497 e. The molecule has 4 rings (SSSR count). The highest BCUT2D eigenvalue weighted by Crippen LogP contribution is 2.40. The lowest BCUT2D eigenvalue weighted by molar-refractivity contribution is -0.133. The van der Waals surface area contributed by atoms with E-state index < -0.39 is 5.60 Å². The van der Waals surface area contributed by atoms with Gasteiger partial charge in [0.2, 0.25) is 0 Å². The standard InChI is InChI=1S/C24H27NO5/c1-15-9-16(2)17(3)22(10-15)29-13-23(27)25-8-7-24(14-25)12-20(26)19-11-18(28-4)5-6-21(19)30-24/h5-6,9-11H,7-8,12-14H2,1-4H3. The molecule has 2 aromatic rings. The Bertz CT molecular complexity index is 1010. The van der Waals surface area contributed by atoms with E-state index in [2.05, 4.69) is 6.07 Å². The van der Waals surface area contributed by atoms with Crippen LogP contribution in [0.4, 0.5) is 0 Å². The summed E-state index contributed by atoms with van der Waals surface area (Å²) in [6.45, 7) is 6.95. The lowest BCUT2D eigenvalue weighted by Crippen LogP contribution is -2.45. The van der Waals surface area contributed by atoms with E-state index in [-0.39, 0.29) is 24.7 Å². The number of nitrogens with zero attached hydrogens (tertiary/aromatic N) is 1. The van der Waals surface area contributed by atoms with Crippen LogP contribution in [0.25, 0.3) is 0 Å². The molecule has 2 aromatic carbocycles. The Morgan fingerprint density at radius 2 is 2.00 bits per heavy atom. The average molecular weight is 409 g/mol. The number of carbonyl (C=O) groups excluding carboxylic acids is 2. The van der Waals surface area contributed by atoms with Crippen molar-refractivity contribution in [2.24, 2.45) is 0 Å². The zero-order valence-electron chi connectivity index (χ0n) is 17.9. The molecule has 6 nitrogen and oxygen atoms in total. The number of benzene rings is 2. The Balaban J connectivity index is 1.43. The van der Waals surface area contributed by atoms with Crippen LogP contribution in [-0.4, -0.2) is 49.0 Å². The van der Waals surface area contributed by atoms with Crippen LogP contribution < -0.4 is 14.2 Å². The molecule has 2 aliphatic rings. The molecule has 0 saturated carbocycles. The minimum Gasteiger partial charge on any atom is -0.497 e. The summed E-state index contributed by atoms with van der Waals surface area (Å²) in [4.78, 5) is 27.3. The summed E-state index contributed by atoms with van der Waals surface area (Å²) in [5, 5.41) is 0. The van der Waals surface area contributed by atoms with Crippen molar-refractivity contribution in [3.63, 3.8) is 0 Å². The van der Waals surface area contributed by atoms with Gasteiger partial charge in [0.1, 0.15) is 22.8 Å². The van der Waals surface area contributed by atoms with Gasteiger partial charge in [0.25, 0.3) is 5.91 Å². The first kappa shape index (κ1) is 20.3. The van der Waals surface area contributed by atoms with E-state index in [1.807, 2.05) is 26.8 Å². The van der Waals surface area contributed by atoms with Gasteiger partial charge in [0.15, 0.2) is 12.4 Å². The van der Waals surface area contributed by atoms with Gasteiger partial charge in [-0.05, 0) is 61.7 Å². The van der Waals surface area contributed by atoms with E-state index in [9.17, 15) is 9.59 Å². The molecule has 2 aliphatic heterocycles. The number of Topliss-reactive ketones (excluding diaryl/α,β-unsaturated/α-hetero) is 1. The molecule has 0 aromatic heterocycles. The Hall–Kier alpha value is -3.02. The molecule has 2 heterocycles. The number of amides is 1. The van der Waals surface area contributed by atoms with Crippen LogP contribution in [0.3, 0.4) is 0 Å². The van der Waals surface area contributed by atoms with E-state index in [0.29, 0.717) is 36.6 Å². The fourth-order valence-corrected chi connectivity index (χ4v) is 4.27. The number of methoxy groups -OCH3 is 1. The maximum atomic E-state index is 12.8. The second kappa shape index (κ2) is 7.67. The third-order valence-electron chi connectivity index (χ3n) is 6.08. The van der Waals surface area contributed by atoms with Gasteiger partial charge in [-0.3, -0.25) is 9.59 Å². The molecule has 0 N–H and O–H groups in total. The van der Waals surface area contributed by atoms with Crippen molar-refractivity contribution in [1.29, 1.82) is 0 Å². The predicted molar refractivity (Wildman–Crippen MR) is 113 cm³/mol. The summed E-state index contributed by atoms with van der Waals surface area (Å²) in [5.41, 5.74) is 3.16. The minimum atomic E-state index is -0.663. The molecule has 1 saturated heterocycles. The Morgan fingerprint density at radius 3 is 2.77 bits per heavy atom. The molecule has 1 amide bonds. The second-order valence-electron chi connectivity index (χ2n) is 8.31. The van der Waals surface area contributed by atoms with Crippen LogP contribution in [0.1, 0.15) is 39.9 Å². The van der Waals surface area contributed by atoms with Crippen molar-refractivity contribution in [1.82, 2.24) is 4.90 Å². The maximum absolute atomic E-state index is 12.8. The summed E-state index contributed by atoms with van der Waals surface area (Å²) in [5.74, 6) is 1.85. The first-order valence-corrected chi connectivity index (χ1v) is 10.2. The van der Waals surface area contributed by atoms with E-state index in [4.69, 9.17) is 14.2 Å². The van der Waals surface area contributed by atoms with Crippen LogP contribution in [0, 0.1) is 20.8 Å². The first-order valence-electron chi connectivity index (χ1n) is 10.2. The number of ketones is 1. The van der Waals surface area contributed by atoms with E-state index in [1.165, 1.54) is 0 Å². The van der Waals surface area contributed by atoms with Gasteiger partial charge in [-0.25, -0.2) is 0 Å². The summed E-state index contributed by atoms with van der Waals surface area (Å²) >= 11 is 0. The molecule has 0 aliphatic carbocycles. The predicted octanol–water partition coefficient (Wildman–Crippen LogP) is 3.64. The molecule has 0 radical (unpaired) electrons. The summed E-state index contributed by atoms with van der Waals surface area (Å²) < 4.78 is 17.3. The maximum Gasteiger partial charge on any atom is 0.260 e. The third kappa shape index (κ3) is 3.74. The molecule has 6 heteroatoms. The van der Waals surface area contributed by atoms with E-state index in [1.54, 1.807) is 30.2 Å². The van der Waals surface area contributed by atoms with Gasteiger partial charge in [-0.2, -0.15) is 0 Å². The van der Waals surface area contributed by atoms with Gasteiger partial charge < -0.3 is 19.1 Å². The molecular weight excluding hydrogens is 382 g/mol. The highest BCUT2D eigenvalue weighted by atomic mass is 16.5. The van der Waals surface area contributed by atoms with Gasteiger partial charge in [-0.1, -0.05) is 6.07 Å². The van der Waals surface area contributed by atoms with Crippen molar-refractivity contribution in [2.45, 2.75) is 39.2 Å². The summed E-state index contributed by atoms with van der Waals surface area (Å²) in [6.07, 6.45) is 0.881. The minimum absolute atomic E-state index is 0.0200. The van der Waals surface area contributed by atoms with Crippen LogP contribution in [0.5, 0.6) is 17.2 Å².